The van der Waals surface area contributed by atoms with Crippen LogP contribution >= 0.6 is 0 Å². The molecule has 3 rings (SSSR count). The number of hydrogen-bond donors (Lipinski definition) is 1. The largest absolute Gasteiger partial charge is 0.392 e. The number of allylic oxidation sites excluding steroid dienone is 5. The van der Waals surface area contributed by atoms with Crippen LogP contribution in [0.1, 0.15) is 33.6 Å². The van der Waals surface area contributed by atoms with Crippen molar-refractivity contribution in [3.8, 4) is 0 Å². The second-order valence-electron chi connectivity index (χ2n) is 7.68. The molecule has 3 heterocycles. The van der Waals surface area contributed by atoms with Gasteiger partial charge in [0.05, 0.1) is 12.3 Å². The summed E-state index contributed by atoms with van der Waals surface area (Å²) >= 11 is 0. The third kappa shape index (κ3) is 5.24. The maximum Gasteiger partial charge on any atom is 0.125 e. The van der Waals surface area contributed by atoms with Gasteiger partial charge in [-0.1, -0.05) is 36.5 Å². The van der Waals surface area contributed by atoms with Crippen molar-refractivity contribution in [1.29, 1.82) is 0 Å². The first kappa shape index (κ1) is 21.3. The van der Waals surface area contributed by atoms with E-state index < -0.39 is 0 Å². The molecule has 1 atom stereocenters. The summed E-state index contributed by atoms with van der Waals surface area (Å²) in [6, 6.07) is 0. The molecule has 27 heavy (non-hydrogen) atoms. The molecule has 0 aliphatic carbocycles. The number of nitrogens with zero attached hydrogens (tertiary/aromatic N) is 3. The van der Waals surface area contributed by atoms with Gasteiger partial charge in [-0.15, -0.1) is 0 Å². The SMILES string of the molecule is C=C/C=C(\C=C(C)C)C1=C(C)N(C)C2C=CC(CO)=CN12.CN1CCCC1. The third-order valence-electron chi connectivity index (χ3n) is 5.13. The van der Waals surface area contributed by atoms with E-state index >= 15 is 0 Å². The standard InChI is InChI=1S/C18H24N2O.C5H11N/c1-6-7-16(10-13(2)3)18-14(4)19(5)17-9-8-15(12-21)11-20(17)18;1-6-4-2-3-5-6/h6-11,17,21H,1,12H2,2-5H3;2-5H2,1H3/b16-7+;. The number of hydrogen-bond acceptors (Lipinski definition) is 4. The predicted molar refractivity (Wildman–Crippen MR) is 115 cm³/mol. The van der Waals surface area contributed by atoms with Gasteiger partial charge in [0.1, 0.15) is 6.17 Å². The van der Waals surface area contributed by atoms with Gasteiger partial charge in [-0.25, -0.2) is 0 Å². The quantitative estimate of drug-likeness (QED) is 0.758. The Kier molecular flexibility index (Phi) is 7.69. The van der Waals surface area contributed by atoms with Crippen LogP contribution in [0.5, 0.6) is 0 Å². The topological polar surface area (TPSA) is 30.0 Å². The predicted octanol–water partition coefficient (Wildman–Crippen LogP) is 4.03. The number of fused-ring (bicyclic) bond motifs is 1. The van der Waals surface area contributed by atoms with Crippen molar-refractivity contribution in [2.45, 2.75) is 39.8 Å². The lowest BCUT2D eigenvalue weighted by Gasteiger charge is -2.31. The first-order valence-corrected chi connectivity index (χ1v) is 9.77. The smallest absolute Gasteiger partial charge is 0.125 e. The van der Waals surface area contributed by atoms with Crippen LogP contribution in [0.3, 0.4) is 0 Å². The van der Waals surface area contributed by atoms with Crippen molar-refractivity contribution in [3.63, 3.8) is 0 Å². The molecular weight excluding hydrogens is 334 g/mol. The lowest BCUT2D eigenvalue weighted by atomic mass is 10.1. The van der Waals surface area contributed by atoms with E-state index in [1.165, 1.54) is 42.9 Å². The van der Waals surface area contributed by atoms with E-state index in [9.17, 15) is 5.11 Å². The first-order chi connectivity index (χ1) is 12.9. The van der Waals surface area contributed by atoms with Gasteiger partial charge in [0.2, 0.25) is 0 Å². The summed E-state index contributed by atoms with van der Waals surface area (Å²) < 4.78 is 0. The average Bonchev–Trinajstić information content (AvgIpc) is 3.20. The van der Waals surface area contributed by atoms with Crippen LogP contribution in [0.25, 0.3) is 0 Å². The molecule has 1 saturated heterocycles. The number of likely N-dealkylation sites (N-methyl/N-ethyl adjacent to an activating group) is 1. The molecule has 3 aliphatic heterocycles. The molecule has 4 nitrogen and oxygen atoms in total. The first-order valence-electron chi connectivity index (χ1n) is 9.77. The van der Waals surface area contributed by atoms with Crippen LogP contribution < -0.4 is 0 Å². The monoisotopic (exact) mass is 369 g/mol. The van der Waals surface area contributed by atoms with E-state index in [0.29, 0.717) is 0 Å². The van der Waals surface area contributed by atoms with Crippen molar-refractivity contribution in [2.75, 3.05) is 33.8 Å². The Morgan fingerprint density at radius 3 is 2.41 bits per heavy atom. The number of rotatable bonds is 4. The molecule has 0 aromatic carbocycles. The molecule has 0 aromatic heterocycles. The van der Waals surface area contributed by atoms with Gasteiger partial charge in [0, 0.05) is 18.9 Å². The Labute approximate surface area is 165 Å². The molecule has 0 amide bonds. The fourth-order valence-corrected chi connectivity index (χ4v) is 3.63. The van der Waals surface area contributed by atoms with E-state index in [-0.39, 0.29) is 12.8 Å². The molecule has 1 N–H and O–H groups in total. The molecule has 0 saturated carbocycles. The molecule has 0 bridgehead atoms. The maximum atomic E-state index is 9.40. The minimum atomic E-state index is 0.0545. The summed E-state index contributed by atoms with van der Waals surface area (Å²) in [7, 11) is 4.27. The lowest BCUT2D eigenvalue weighted by molar-refractivity contribution is 0.252. The molecular formula is C23H35N3O. The lowest BCUT2D eigenvalue weighted by Crippen LogP contribution is -2.35. The Morgan fingerprint density at radius 1 is 1.26 bits per heavy atom. The zero-order chi connectivity index (χ0) is 20.0. The van der Waals surface area contributed by atoms with Gasteiger partial charge >= 0.3 is 0 Å². The van der Waals surface area contributed by atoms with E-state index in [2.05, 4.69) is 68.3 Å². The van der Waals surface area contributed by atoms with Crippen molar-refractivity contribution in [3.05, 3.63) is 71.3 Å². The summed E-state index contributed by atoms with van der Waals surface area (Å²) in [4.78, 5) is 6.82. The van der Waals surface area contributed by atoms with Gasteiger partial charge in [0.25, 0.3) is 0 Å². The summed E-state index contributed by atoms with van der Waals surface area (Å²) in [5.41, 5.74) is 5.68. The minimum absolute atomic E-state index is 0.0545. The average molecular weight is 370 g/mol. The Hall–Kier alpha value is -2.04. The Bertz CT molecular complexity index is 686. The molecule has 0 aromatic rings. The van der Waals surface area contributed by atoms with Crippen LogP contribution in [0.2, 0.25) is 0 Å². The molecule has 0 spiro atoms. The van der Waals surface area contributed by atoms with Gasteiger partial charge < -0.3 is 19.8 Å². The van der Waals surface area contributed by atoms with Gasteiger partial charge in [-0.05, 0) is 71.0 Å². The highest BCUT2D eigenvalue weighted by Crippen LogP contribution is 2.36. The van der Waals surface area contributed by atoms with Crippen LogP contribution in [-0.4, -0.2) is 59.8 Å². The molecule has 148 valence electrons. The van der Waals surface area contributed by atoms with Crippen LogP contribution in [0.4, 0.5) is 0 Å². The zero-order valence-corrected chi connectivity index (χ0v) is 17.6. The molecule has 1 fully saturated rings. The summed E-state index contributed by atoms with van der Waals surface area (Å²) in [5.74, 6) is 0. The second-order valence-corrected chi connectivity index (χ2v) is 7.68. The summed E-state index contributed by atoms with van der Waals surface area (Å²) in [5, 5.41) is 9.40. The summed E-state index contributed by atoms with van der Waals surface area (Å²) in [6.45, 7) is 12.8. The molecule has 3 aliphatic rings. The Morgan fingerprint density at radius 2 is 1.93 bits per heavy atom. The highest BCUT2D eigenvalue weighted by atomic mass is 16.3. The molecule has 1 unspecified atom stereocenters. The van der Waals surface area contributed by atoms with Crippen molar-refractivity contribution >= 4 is 0 Å². The number of likely N-dealkylation sites (tertiary alicyclic amines) is 1. The number of aliphatic hydroxyl groups excluding tert-OH is 1. The fraction of sp³-hybridized carbons (Fsp3) is 0.478. The minimum Gasteiger partial charge on any atom is -0.392 e. The maximum absolute atomic E-state index is 9.40. The fourth-order valence-electron chi connectivity index (χ4n) is 3.63. The van der Waals surface area contributed by atoms with Gasteiger partial charge in [-0.2, -0.15) is 0 Å². The summed E-state index contributed by atoms with van der Waals surface area (Å²) in [6.07, 6.45) is 15.2. The zero-order valence-electron chi connectivity index (χ0n) is 17.6. The van der Waals surface area contributed by atoms with Crippen LogP contribution in [0, 0.1) is 0 Å². The van der Waals surface area contributed by atoms with Crippen molar-refractivity contribution < 1.29 is 5.11 Å². The van der Waals surface area contributed by atoms with E-state index in [1.807, 2.05) is 24.4 Å². The van der Waals surface area contributed by atoms with Gasteiger partial charge in [-0.3, -0.25) is 0 Å². The van der Waals surface area contributed by atoms with Gasteiger partial charge in [0.15, 0.2) is 0 Å². The normalized spacial score (nSPS) is 22.4. The van der Waals surface area contributed by atoms with Crippen molar-refractivity contribution in [1.82, 2.24) is 14.7 Å². The highest BCUT2D eigenvalue weighted by molar-refractivity contribution is 5.49. The molecule has 4 heteroatoms. The number of aliphatic hydroxyl groups is 1. The van der Waals surface area contributed by atoms with E-state index in [0.717, 1.165) is 11.1 Å². The van der Waals surface area contributed by atoms with E-state index in [1.54, 1.807) is 0 Å². The van der Waals surface area contributed by atoms with Crippen molar-refractivity contribution in [2.24, 2.45) is 0 Å². The second kappa shape index (κ2) is 9.77. The van der Waals surface area contributed by atoms with E-state index in [4.69, 9.17) is 0 Å². The molecule has 0 radical (unpaired) electrons. The third-order valence-corrected chi connectivity index (χ3v) is 5.13. The van der Waals surface area contributed by atoms with Crippen LogP contribution in [0.15, 0.2) is 71.3 Å². The highest BCUT2D eigenvalue weighted by Gasteiger charge is 2.33. The Balaban J connectivity index is 0.000000369. The van der Waals surface area contributed by atoms with Crippen LogP contribution in [-0.2, 0) is 0 Å².